The Morgan fingerprint density at radius 2 is 0.543 bits per heavy atom. The van der Waals surface area contributed by atoms with Crippen molar-refractivity contribution in [3.63, 3.8) is 0 Å². The average molecular weight is 1030 g/mol. The third kappa shape index (κ3) is 6.75. The van der Waals surface area contributed by atoms with Gasteiger partial charge in [0.05, 0.1) is 11.4 Å². The van der Waals surface area contributed by atoms with Crippen LogP contribution in [0.15, 0.2) is 279 Å². The third-order valence-electron chi connectivity index (χ3n) is 18.1. The van der Waals surface area contributed by atoms with E-state index in [-0.39, 0.29) is 5.41 Å². The molecule has 378 valence electrons. The highest BCUT2D eigenvalue weighted by molar-refractivity contribution is 6.35. The molecule has 2 heteroatoms. The lowest BCUT2D eigenvalue weighted by atomic mass is 9.82. The minimum Gasteiger partial charge on any atom is -0.310 e. The van der Waals surface area contributed by atoms with Crippen LogP contribution in [0.4, 0.5) is 34.1 Å². The molecule has 2 nitrogen and oxygen atoms in total. The van der Waals surface area contributed by atoms with E-state index in [1.807, 2.05) is 0 Å². The van der Waals surface area contributed by atoms with Crippen LogP contribution in [0.1, 0.15) is 25.0 Å². The van der Waals surface area contributed by atoms with Crippen LogP contribution in [-0.4, -0.2) is 0 Å². The van der Waals surface area contributed by atoms with Gasteiger partial charge in [-0.3, -0.25) is 0 Å². The summed E-state index contributed by atoms with van der Waals surface area (Å²) in [6.07, 6.45) is 0. The van der Waals surface area contributed by atoms with E-state index in [0.29, 0.717) is 0 Å². The summed E-state index contributed by atoms with van der Waals surface area (Å²) in [4.78, 5) is 5.00. The number of hydrogen-bond donors (Lipinski definition) is 0. The molecule has 0 bridgehead atoms. The third-order valence-corrected chi connectivity index (χ3v) is 18.1. The topological polar surface area (TPSA) is 6.48 Å². The summed E-state index contributed by atoms with van der Waals surface area (Å²) in [5, 5.41) is 20.6. The Morgan fingerprint density at radius 3 is 0.926 bits per heavy atom. The van der Waals surface area contributed by atoms with Crippen molar-refractivity contribution in [3.05, 3.63) is 290 Å². The largest absolute Gasteiger partial charge is 0.310 e. The van der Waals surface area contributed by atoms with Gasteiger partial charge in [-0.25, -0.2) is 0 Å². The van der Waals surface area contributed by atoms with Crippen LogP contribution in [0.5, 0.6) is 0 Å². The number of hydrogen-bond acceptors (Lipinski definition) is 2. The normalized spacial score (nSPS) is 12.9. The molecule has 0 N–H and O–H groups in total. The Bertz CT molecular complexity index is 4750. The molecule has 81 heavy (non-hydrogen) atoms. The highest BCUT2D eigenvalue weighted by Gasteiger charge is 2.37. The van der Waals surface area contributed by atoms with Crippen molar-refractivity contribution in [2.24, 2.45) is 0 Å². The molecule has 0 spiro atoms. The van der Waals surface area contributed by atoms with Gasteiger partial charge in [-0.05, 0) is 181 Å². The molecule has 0 fully saturated rings. The Labute approximate surface area is 470 Å². The molecule has 16 aromatic carbocycles. The van der Waals surface area contributed by atoms with Crippen LogP contribution in [0, 0.1) is 0 Å². The van der Waals surface area contributed by atoms with E-state index in [1.54, 1.807) is 0 Å². The molecule has 0 saturated carbocycles. The van der Waals surface area contributed by atoms with Gasteiger partial charge in [0.25, 0.3) is 0 Å². The van der Waals surface area contributed by atoms with Crippen molar-refractivity contribution in [1.29, 1.82) is 0 Å². The van der Waals surface area contributed by atoms with Gasteiger partial charge in [0, 0.05) is 38.9 Å². The van der Waals surface area contributed by atoms with E-state index in [0.717, 1.165) is 34.1 Å². The molecular formula is C79H52N2. The molecule has 0 aromatic heterocycles. The van der Waals surface area contributed by atoms with E-state index >= 15 is 0 Å². The first kappa shape index (κ1) is 45.7. The Balaban J connectivity index is 0.835. The number of anilines is 6. The molecule has 1 aliphatic carbocycles. The van der Waals surface area contributed by atoms with E-state index in [9.17, 15) is 0 Å². The zero-order chi connectivity index (χ0) is 53.5. The molecule has 1 aliphatic rings. The summed E-state index contributed by atoms with van der Waals surface area (Å²) in [7, 11) is 0. The maximum absolute atomic E-state index is 2.50. The Kier molecular flexibility index (Phi) is 9.80. The van der Waals surface area contributed by atoms with E-state index in [1.165, 1.54) is 131 Å². The predicted octanol–water partition coefficient (Wildman–Crippen LogP) is 22.4. The molecule has 0 atom stereocenters. The summed E-state index contributed by atoms with van der Waals surface area (Å²) in [5.74, 6) is 0. The van der Waals surface area contributed by atoms with Crippen LogP contribution in [-0.2, 0) is 5.41 Å². The maximum Gasteiger partial charge on any atom is 0.0540 e. The van der Waals surface area contributed by atoms with Crippen LogP contribution >= 0.6 is 0 Å². The lowest BCUT2D eigenvalue weighted by Gasteiger charge is -2.30. The molecule has 0 amide bonds. The summed E-state index contributed by atoms with van der Waals surface area (Å²) in [5.41, 5.74) is 16.4. The molecular weight excluding hydrogens is 977 g/mol. The first-order chi connectivity index (χ1) is 39.9. The number of rotatable bonds is 8. The molecule has 0 saturated heterocycles. The lowest BCUT2D eigenvalue weighted by Crippen LogP contribution is -2.18. The average Bonchev–Trinajstić information content (AvgIpc) is 3.99. The fourth-order valence-electron chi connectivity index (χ4n) is 14.4. The van der Waals surface area contributed by atoms with Crippen molar-refractivity contribution < 1.29 is 0 Å². The van der Waals surface area contributed by atoms with Crippen LogP contribution in [0.3, 0.4) is 0 Å². The van der Waals surface area contributed by atoms with Gasteiger partial charge < -0.3 is 9.80 Å². The van der Waals surface area contributed by atoms with Crippen LogP contribution < -0.4 is 9.80 Å². The fraction of sp³-hybridized carbons (Fsp3) is 0.0380. The summed E-state index contributed by atoms with van der Waals surface area (Å²) < 4.78 is 0. The highest BCUT2D eigenvalue weighted by atomic mass is 15.1. The van der Waals surface area contributed by atoms with Gasteiger partial charge in [-0.1, -0.05) is 232 Å². The molecule has 0 radical (unpaired) electrons. The molecule has 0 aliphatic heterocycles. The van der Waals surface area contributed by atoms with Gasteiger partial charge in [0.2, 0.25) is 0 Å². The van der Waals surface area contributed by atoms with Crippen molar-refractivity contribution >= 4 is 120 Å². The summed E-state index contributed by atoms with van der Waals surface area (Å²) in [6, 6.07) is 104. The van der Waals surface area contributed by atoms with Crippen molar-refractivity contribution in [3.8, 4) is 33.4 Å². The van der Waals surface area contributed by atoms with Crippen LogP contribution in [0.25, 0.3) is 120 Å². The van der Waals surface area contributed by atoms with Gasteiger partial charge in [0.1, 0.15) is 0 Å². The summed E-state index contributed by atoms with van der Waals surface area (Å²) in [6.45, 7) is 4.84. The summed E-state index contributed by atoms with van der Waals surface area (Å²) >= 11 is 0. The van der Waals surface area contributed by atoms with Gasteiger partial charge >= 0.3 is 0 Å². The Morgan fingerprint density at radius 1 is 0.235 bits per heavy atom. The van der Waals surface area contributed by atoms with Crippen molar-refractivity contribution in [1.82, 2.24) is 0 Å². The van der Waals surface area contributed by atoms with Gasteiger partial charge in [-0.15, -0.1) is 0 Å². The maximum atomic E-state index is 2.50. The van der Waals surface area contributed by atoms with Crippen molar-refractivity contribution in [2.45, 2.75) is 19.3 Å². The zero-order valence-corrected chi connectivity index (χ0v) is 45.0. The monoisotopic (exact) mass is 1030 g/mol. The molecule has 17 rings (SSSR count). The predicted molar refractivity (Wildman–Crippen MR) is 347 cm³/mol. The number of nitrogens with zero attached hydrogens (tertiary/aromatic N) is 2. The second-order valence-corrected chi connectivity index (χ2v) is 22.7. The molecule has 0 unspecified atom stereocenters. The van der Waals surface area contributed by atoms with Gasteiger partial charge in [0.15, 0.2) is 0 Å². The standard InChI is InChI=1S/C79H52N2/c1-79(2)71-47-57(80(55-35-31-51(32-36-55)49-15-5-3-6-16-49)73-45-43-67-63-25-11-21-53-19-9-23-61(75(53)63)65-27-13-29-69(73)77(65)67)39-41-59(71)60-42-40-58(48-72(60)79)81(56-37-33-52(34-38-56)50-17-7-4-8-18-50)74-46-44-68-64-26-12-22-54-20-10-24-62(76(54)64)66-28-14-30-70(74)78(66)68/h3-48H,1-2H3. The fourth-order valence-corrected chi connectivity index (χ4v) is 14.4. The first-order valence-electron chi connectivity index (χ1n) is 28.3. The second-order valence-electron chi connectivity index (χ2n) is 22.7. The smallest absolute Gasteiger partial charge is 0.0540 e. The van der Waals surface area contributed by atoms with Gasteiger partial charge in [-0.2, -0.15) is 0 Å². The highest BCUT2D eigenvalue weighted by Crippen LogP contribution is 2.55. The lowest BCUT2D eigenvalue weighted by molar-refractivity contribution is 0.660. The minimum atomic E-state index is -0.340. The SMILES string of the molecule is CC1(C)c2cc(N(c3ccc(-c4ccccc4)cc3)c3ccc4c5cccc6cccc(c7cccc3c74)c65)ccc2-c2ccc(N(c3ccc(-c4ccccc4)cc3)c3ccc4c5cccc6cccc(c7cccc3c74)c65)cc21. The van der Waals surface area contributed by atoms with Crippen LogP contribution in [0.2, 0.25) is 0 Å². The zero-order valence-electron chi connectivity index (χ0n) is 45.0. The second kappa shape index (κ2) is 17.4. The minimum absolute atomic E-state index is 0.340. The molecule has 16 aromatic rings. The Hall–Kier alpha value is -10.3. The quantitative estimate of drug-likeness (QED) is 0.111. The number of benzene rings is 16. The van der Waals surface area contributed by atoms with E-state index < -0.39 is 0 Å². The van der Waals surface area contributed by atoms with E-state index in [4.69, 9.17) is 0 Å². The first-order valence-corrected chi connectivity index (χ1v) is 28.3. The molecule has 0 heterocycles. The number of fused-ring (bicyclic) bond motifs is 7. The van der Waals surface area contributed by atoms with Crippen molar-refractivity contribution in [2.75, 3.05) is 9.80 Å². The van der Waals surface area contributed by atoms with E-state index in [2.05, 4.69) is 303 Å².